The number of benzene rings is 1. The van der Waals surface area contributed by atoms with E-state index in [4.69, 9.17) is 17.3 Å². The molecular weight excluding hydrogens is 339 g/mol. The number of nitrogens with one attached hydrogen (secondary N) is 2. The third-order valence-corrected chi connectivity index (χ3v) is 2.64. The molecule has 0 aliphatic carbocycles. The van der Waals surface area contributed by atoms with Gasteiger partial charge in [-0.3, -0.25) is 9.59 Å². The number of nitrogens with two attached hydrogens (primary N) is 1. The van der Waals surface area contributed by atoms with Crippen LogP contribution in [0.3, 0.4) is 0 Å². The van der Waals surface area contributed by atoms with E-state index >= 15 is 0 Å². The Labute approximate surface area is 141 Å². The molecule has 2 amide bonds. The highest BCUT2D eigenvalue weighted by atomic mass is 35.5. The van der Waals surface area contributed by atoms with E-state index in [1.54, 1.807) is 23.1 Å². The minimum atomic E-state index is -0.380. The van der Waals surface area contributed by atoms with Crippen LogP contribution in [0.25, 0.3) is 0 Å². The number of nitrogens with zero attached hydrogens (tertiary/aromatic N) is 1. The first kappa shape index (κ1) is 22.1. The number of halogens is 3. The second-order valence-corrected chi connectivity index (χ2v) is 4.47. The Balaban J connectivity index is 0. The Morgan fingerprint density at radius 3 is 2.38 bits per heavy atom. The number of amides is 2. The lowest BCUT2D eigenvalue weighted by Gasteiger charge is -2.19. The van der Waals surface area contributed by atoms with Gasteiger partial charge in [-0.1, -0.05) is 17.7 Å². The van der Waals surface area contributed by atoms with E-state index in [-0.39, 0.29) is 49.7 Å². The van der Waals surface area contributed by atoms with Crippen LogP contribution in [0.5, 0.6) is 0 Å². The fraction of sp³-hybridized carbons (Fsp3) is 0.333. The molecule has 4 N–H and O–H groups in total. The van der Waals surface area contributed by atoms with Gasteiger partial charge in [-0.05, 0) is 12.1 Å². The molecule has 0 heterocycles. The minimum absolute atomic E-state index is 0. The van der Waals surface area contributed by atoms with Crippen LogP contribution in [0.2, 0.25) is 5.02 Å². The van der Waals surface area contributed by atoms with E-state index in [9.17, 15) is 9.59 Å². The molecule has 0 saturated heterocycles. The van der Waals surface area contributed by atoms with Crippen LogP contribution in [-0.2, 0) is 9.59 Å². The predicted molar refractivity (Wildman–Crippen MR) is 91.0 cm³/mol. The van der Waals surface area contributed by atoms with Crippen molar-refractivity contribution < 1.29 is 9.59 Å². The first-order valence-corrected chi connectivity index (χ1v) is 6.06. The molecule has 0 aromatic heterocycles. The molecule has 0 aliphatic rings. The molecule has 21 heavy (non-hydrogen) atoms. The maximum absolute atomic E-state index is 11.7. The van der Waals surface area contributed by atoms with Crippen LogP contribution >= 0.6 is 36.4 Å². The highest BCUT2D eigenvalue weighted by molar-refractivity contribution is 6.34. The summed E-state index contributed by atoms with van der Waals surface area (Å²) in [6, 6.07) is 5.22. The largest absolute Gasteiger partial charge is 0.375 e. The zero-order chi connectivity index (χ0) is 14.4. The van der Waals surface area contributed by atoms with Gasteiger partial charge >= 0.3 is 0 Å². The van der Waals surface area contributed by atoms with Gasteiger partial charge in [0.25, 0.3) is 0 Å². The van der Waals surface area contributed by atoms with Gasteiger partial charge in [0.1, 0.15) is 0 Å². The lowest BCUT2D eigenvalue weighted by molar-refractivity contribution is -0.123. The molecule has 0 fully saturated rings. The first-order chi connectivity index (χ1) is 8.95. The van der Waals surface area contributed by atoms with Gasteiger partial charge in [0.05, 0.1) is 29.5 Å². The molecule has 9 heteroatoms. The van der Waals surface area contributed by atoms with Crippen LogP contribution in [0.15, 0.2) is 18.2 Å². The van der Waals surface area contributed by atoms with Gasteiger partial charge in [0, 0.05) is 14.1 Å². The van der Waals surface area contributed by atoms with Gasteiger partial charge in [0.15, 0.2) is 0 Å². The number of carbonyl (C=O) groups is 2. The lowest BCUT2D eigenvalue weighted by Crippen LogP contribution is -2.36. The molecule has 0 radical (unpaired) electrons. The van der Waals surface area contributed by atoms with Gasteiger partial charge in [-0.15, -0.1) is 24.8 Å². The van der Waals surface area contributed by atoms with Crippen LogP contribution < -0.4 is 21.3 Å². The van der Waals surface area contributed by atoms with Crippen molar-refractivity contribution >= 4 is 59.6 Å². The zero-order valence-electron chi connectivity index (χ0n) is 11.7. The number of anilines is 2. The highest BCUT2D eigenvalue weighted by Crippen LogP contribution is 2.32. The topological polar surface area (TPSA) is 87.5 Å². The smallest absolute Gasteiger partial charge is 0.243 e. The molecule has 0 bridgehead atoms. The number of carbonyl (C=O) groups excluding carboxylic acids is 2. The number of rotatable bonds is 5. The summed E-state index contributed by atoms with van der Waals surface area (Å²) >= 11 is 6.08. The second kappa shape index (κ2) is 10.5. The molecule has 1 aromatic rings. The SMILES string of the molecule is CN(C)c1c(Cl)cccc1NC(=O)CNC(=O)CN.Cl.Cl. The summed E-state index contributed by atoms with van der Waals surface area (Å²) in [6.07, 6.45) is 0. The normalized spacial score (nSPS) is 8.95. The molecule has 1 rings (SSSR count). The Morgan fingerprint density at radius 2 is 1.86 bits per heavy atom. The molecular formula is C12H19Cl3N4O2. The fourth-order valence-electron chi connectivity index (χ4n) is 1.52. The van der Waals surface area contributed by atoms with Gasteiger partial charge in [-0.2, -0.15) is 0 Å². The highest BCUT2D eigenvalue weighted by Gasteiger charge is 2.12. The third-order valence-electron chi connectivity index (χ3n) is 2.34. The maximum atomic E-state index is 11.7. The standard InChI is InChI=1S/C12H17ClN4O2.2ClH/c1-17(2)12-8(13)4-3-5-9(12)16-11(19)7-15-10(18)6-14;;/h3-5H,6-7,14H2,1-2H3,(H,15,18)(H,16,19);2*1H. The minimum Gasteiger partial charge on any atom is -0.375 e. The Hall–Kier alpha value is -1.21. The van der Waals surface area contributed by atoms with Crippen molar-refractivity contribution in [3.63, 3.8) is 0 Å². The lowest BCUT2D eigenvalue weighted by atomic mass is 10.2. The van der Waals surface area contributed by atoms with E-state index in [1.807, 2.05) is 14.1 Å². The maximum Gasteiger partial charge on any atom is 0.243 e. The molecule has 0 saturated carbocycles. The van der Waals surface area contributed by atoms with Crippen LogP contribution in [0.4, 0.5) is 11.4 Å². The Bertz CT molecular complexity index is 484. The van der Waals surface area contributed by atoms with Crippen LogP contribution in [0, 0.1) is 0 Å². The number of hydrogen-bond donors (Lipinski definition) is 3. The summed E-state index contributed by atoms with van der Waals surface area (Å²) < 4.78 is 0. The summed E-state index contributed by atoms with van der Waals surface area (Å²) in [4.78, 5) is 24.4. The number of hydrogen-bond acceptors (Lipinski definition) is 4. The Kier molecular flexibility index (Phi) is 11.0. The molecule has 0 unspecified atom stereocenters. The van der Waals surface area contributed by atoms with Crippen molar-refractivity contribution in [2.75, 3.05) is 37.4 Å². The summed E-state index contributed by atoms with van der Waals surface area (Å²) in [5, 5.41) is 5.62. The van der Waals surface area contributed by atoms with Gasteiger partial charge in [0.2, 0.25) is 11.8 Å². The van der Waals surface area contributed by atoms with Crippen molar-refractivity contribution in [1.82, 2.24) is 5.32 Å². The van der Waals surface area contributed by atoms with E-state index in [0.29, 0.717) is 16.4 Å². The number of para-hydroxylation sites is 1. The molecule has 0 spiro atoms. The van der Waals surface area contributed by atoms with Gasteiger partial charge < -0.3 is 21.3 Å². The average Bonchev–Trinajstić information content (AvgIpc) is 2.35. The third kappa shape index (κ3) is 6.86. The molecule has 0 atom stereocenters. The monoisotopic (exact) mass is 356 g/mol. The first-order valence-electron chi connectivity index (χ1n) is 5.68. The Morgan fingerprint density at radius 1 is 1.24 bits per heavy atom. The molecule has 120 valence electrons. The fourth-order valence-corrected chi connectivity index (χ4v) is 1.86. The van der Waals surface area contributed by atoms with Gasteiger partial charge in [-0.25, -0.2) is 0 Å². The molecule has 0 aliphatic heterocycles. The van der Waals surface area contributed by atoms with Crippen molar-refractivity contribution in [3.8, 4) is 0 Å². The van der Waals surface area contributed by atoms with Crippen LogP contribution in [0.1, 0.15) is 0 Å². The van der Waals surface area contributed by atoms with E-state index < -0.39 is 0 Å². The second-order valence-electron chi connectivity index (χ2n) is 4.06. The summed E-state index contributed by atoms with van der Waals surface area (Å²) in [6.45, 7) is -0.275. The summed E-state index contributed by atoms with van der Waals surface area (Å²) in [7, 11) is 3.65. The molecule has 1 aromatic carbocycles. The van der Waals surface area contributed by atoms with Crippen molar-refractivity contribution in [3.05, 3.63) is 23.2 Å². The summed E-state index contributed by atoms with van der Waals surface area (Å²) in [5.41, 5.74) is 6.42. The zero-order valence-corrected chi connectivity index (χ0v) is 14.1. The van der Waals surface area contributed by atoms with Crippen molar-refractivity contribution in [2.24, 2.45) is 5.73 Å². The van der Waals surface area contributed by atoms with E-state index in [1.165, 1.54) is 0 Å². The van der Waals surface area contributed by atoms with Crippen LogP contribution in [-0.4, -0.2) is 39.0 Å². The summed E-state index contributed by atoms with van der Waals surface area (Å²) in [5.74, 6) is -0.721. The predicted octanol–water partition coefficient (Wildman–Crippen LogP) is 1.26. The molecule has 6 nitrogen and oxygen atoms in total. The van der Waals surface area contributed by atoms with Crippen molar-refractivity contribution in [1.29, 1.82) is 0 Å². The van der Waals surface area contributed by atoms with E-state index in [0.717, 1.165) is 0 Å². The average molecular weight is 358 g/mol. The quantitative estimate of drug-likeness (QED) is 0.740. The van der Waals surface area contributed by atoms with E-state index in [2.05, 4.69) is 10.6 Å². The van der Waals surface area contributed by atoms with Crippen molar-refractivity contribution in [2.45, 2.75) is 0 Å².